The summed E-state index contributed by atoms with van der Waals surface area (Å²) in [6.07, 6.45) is -1.28. The van der Waals surface area contributed by atoms with E-state index in [4.69, 9.17) is 5.73 Å². The van der Waals surface area contributed by atoms with Crippen molar-refractivity contribution in [2.24, 2.45) is 5.73 Å². The van der Waals surface area contributed by atoms with Crippen LogP contribution in [0.2, 0.25) is 0 Å². The quantitative estimate of drug-likeness (QED) is 0.869. The summed E-state index contributed by atoms with van der Waals surface area (Å²) in [5, 5.41) is 10.2. The maximum Gasteiger partial charge on any atom is 0.248 e. The lowest BCUT2D eigenvalue weighted by molar-refractivity contribution is -0.127. The predicted molar refractivity (Wildman–Crippen MR) is 79.2 cm³/mol. The highest BCUT2D eigenvalue weighted by molar-refractivity contribution is 5.80. The Morgan fingerprint density at radius 1 is 1.05 bits per heavy atom. The molecule has 0 fully saturated rings. The Morgan fingerprint density at radius 2 is 1.55 bits per heavy atom. The molecule has 0 aliphatic rings. The first-order chi connectivity index (χ1) is 9.61. The molecule has 0 radical (unpaired) electrons. The van der Waals surface area contributed by atoms with Crippen LogP contribution in [0.3, 0.4) is 0 Å². The first-order valence-corrected chi connectivity index (χ1v) is 6.41. The largest absolute Gasteiger partial charge is 0.381 e. The second-order valence-electron chi connectivity index (χ2n) is 4.65. The highest BCUT2D eigenvalue weighted by atomic mass is 16.3. The number of aliphatic hydroxyl groups excluding tert-OH is 1. The van der Waals surface area contributed by atoms with Crippen LogP contribution in [-0.4, -0.2) is 24.2 Å². The summed E-state index contributed by atoms with van der Waals surface area (Å²) in [6.45, 7) is 0. The zero-order chi connectivity index (χ0) is 14.5. The fourth-order valence-corrected chi connectivity index (χ4v) is 2.25. The van der Waals surface area contributed by atoms with Crippen LogP contribution in [0.15, 0.2) is 60.7 Å². The number of rotatable bonds is 5. The Hall–Kier alpha value is -2.33. The number of hydrogen-bond donors (Lipinski definition) is 2. The summed E-state index contributed by atoms with van der Waals surface area (Å²) >= 11 is 0. The van der Waals surface area contributed by atoms with Gasteiger partial charge in [-0.15, -0.1) is 0 Å². The minimum Gasteiger partial charge on any atom is -0.381 e. The van der Waals surface area contributed by atoms with E-state index in [0.717, 1.165) is 11.3 Å². The maximum absolute atomic E-state index is 11.4. The van der Waals surface area contributed by atoms with Crippen molar-refractivity contribution in [3.8, 4) is 0 Å². The molecule has 2 aromatic carbocycles. The van der Waals surface area contributed by atoms with Crippen LogP contribution in [0.4, 0.5) is 5.69 Å². The molecule has 4 heteroatoms. The molecule has 0 saturated heterocycles. The SMILES string of the molecule is CN(c1ccccc1)C(c1ccccc1)C(O)C(N)=O. The fraction of sp³-hybridized carbons (Fsp3) is 0.188. The second kappa shape index (κ2) is 6.21. The van der Waals surface area contributed by atoms with E-state index in [0.29, 0.717) is 0 Å². The van der Waals surface area contributed by atoms with Gasteiger partial charge in [0.1, 0.15) is 0 Å². The molecule has 3 N–H and O–H groups in total. The van der Waals surface area contributed by atoms with Gasteiger partial charge >= 0.3 is 0 Å². The smallest absolute Gasteiger partial charge is 0.248 e. The number of nitrogens with zero attached hydrogens (tertiary/aromatic N) is 1. The van der Waals surface area contributed by atoms with E-state index in [-0.39, 0.29) is 0 Å². The Morgan fingerprint density at radius 3 is 2.05 bits per heavy atom. The first kappa shape index (κ1) is 14.1. The molecule has 4 nitrogen and oxygen atoms in total. The van der Waals surface area contributed by atoms with Gasteiger partial charge < -0.3 is 15.7 Å². The Kier molecular flexibility index (Phi) is 4.38. The molecule has 0 aromatic heterocycles. The summed E-state index contributed by atoms with van der Waals surface area (Å²) in [5.41, 5.74) is 7.02. The number of nitrogens with two attached hydrogens (primary N) is 1. The van der Waals surface area contributed by atoms with Crippen LogP contribution < -0.4 is 10.6 Å². The summed E-state index contributed by atoms with van der Waals surface area (Å²) in [6, 6.07) is 18.4. The summed E-state index contributed by atoms with van der Waals surface area (Å²) in [4.78, 5) is 13.2. The third kappa shape index (κ3) is 2.97. The number of anilines is 1. The van der Waals surface area contributed by atoms with Crippen molar-refractivity contribution in [3.63, 3.8) is 0 Å². The molecule has 2 rings (SSSR count). The van der Waals surface area contributed by atoms with Crippen LogP contribution in [0.5, 0.6) is 0 Å². The molecule has 0 saturated carbocycles. The van der Waals surface area contributed by atoms with Crippen LogP contribution in [0.1, 0.15) is 11.6 Å². The minimum atomic E-state index is -1.28. The van der Waals surface area contributed by atoms with Gasteiger partial charge in [0.15, 0.2) is 6.10 Å². The summed E-state index contributed by atoms with van der Waals surface area (Å²) in [7, 11) is 1.83. The van der Waals surface area contributed by atoms with Gasteiger partial charge in [0.25, 0.3) is 0 Å². The number of primary amides is 1. The van der Waals surface area contributed by atoms with Crippen molar-refractivity contribution in [2.45, 2.75) is 12.1 Å². The third-order valence-electron chi connectivity index (χ3n) is 3.31. The van der Waals surface area contributed by atoms with E-state index < -0.39 is 18.1 Å². The molecule has 20 heavy (non-hydrogen) atoms. The van der Waals surface area contributed by atoms with Crippen LogP contribution in [-0.2, 0) is 4.79 Å². The van der Waals surface area contributed by atoms with Crippen LogP contribution >= 0.6 is 0 Å². The normalized spacial score (nSPS) is 13.5. The number of likely N-dealkylation sites (N-methyl/N-ethyl adjacent to an activating group) is 1. The zero-order valence-corrected chi connectivity index (χ0v) is 11.3. The number of benzene rings is 2. The average Bonchev–Trinajstić information content (AvgIpc) is 2.49. The Labute approximate surface area is 118 Å². The third-order valence-corrected chi connectivity index (χ3v) is 3.31. The summed E-state index contributed by atoms with van der Waals surface area (Å²) in [5.74, 6) is -0.735. The number of para-hydroxylation sites is 1. The highest BCUT2D eigenvalue weighted by Crippen LogP contribution is 2.28. The Balaban J connectivity index is 2.39. The predicted octanol–water partition coefficient (Wildman–Crippen LogP) is 1.71. The topological polar surface area (TPSA) is 66.6 Å². The fourth-order valence-electron chi connectivity index (χ4n) is 2.25. The zero-order valence-electron chi connectivity index (χ0n) is 11.3. The van der Waals surface area contributed by atoms with Crippen molar-refractivity contribution in [3.05, 3.63) is 66.2 Å². The second-order valence-corrected chi connectivity index (χ2v) is 4.65. The van der Waals surface area contributed by atoms with Gasteiger partial charge in [0, 0.05) is 12.7 Å². The minimum absolute atomic E-state index is 0.518. The lowest BCUT2D eigenvalue weighted by atomic mass is 9.99. The van der Waals surface area contributed by atoms with E-state index in [9.17, 15) is 9.90 Å². The molecule has 1 amide bonds. The highest BCUT2D eigenvalue weighted by Gasteiger charge is 2.29. The van der Waals surface area contributed by atoms with Crippen LogP contribution in [0.25, 0.3) is 0 Å². The van der Waals surface area contributed by atoms with Gasteiger partial charge in [-0.25, -0.2) is 0 Å². The molecule has 104 valence electrons. The van der Waals surface area contributed by atoms with Gasteiger partial charge in [-0.1, -0.05) is 48.5 Å². The van der Waals surface area contributed by atoms with E-state index in [1.165, 1.54) is 0 Å². The summed E-state index contributed by atoms with van der Waals surface area (Å²) < 4.78 is 0. The molecule has 2 aromatic rings. The van der Waals surface area contributed by atoms with Gasteiger partial charge in [0.05, 0.1) is 6.04 Å². The number of aliphatic hydroxyl groups is 1. The number of carbonyl (C=O) groups is 1. The van der Waals surface area contributed by atoms with Gasteiger partial charge in [-0.3, -0.25) is 4.79 Å². The molecular formula is C16H18N2O2. The van der Waals surface area contributed by atoms with Crippen molar-refractivity contribution >= 4 is 11.6 Å². The van der Waals surface area contributed by atoms with Gasteiger partial charge in [-0.05, 0) is 17.7 Å². The average molecular weight is 270 g/mol. The first-order valence-electron chi connectivity index (χ1n) is 6.41. The van der Waals surface area contributed by atoms with Crippen LogP contribution in [0, 0.1) is 0 Å². The molecule has 2 unspecified atom stereocenters. The van der Waals surface area contributed by atoms with E-state index in [2.05, 4.69) is 0 Å². The monoisotopic (exact) mass is 270 g/mol. The molecule has 2 atom stereocenters. The van der Waals surface area contributed by atoms with Gasteiger partial charge in [-0.2, -0.15) is 0 Å². The van der Waals surface area contributed by atoms with Crippen molar-refractivity contribution < 1.29 is 9.90 Å². The lowest BCUT2D eigenvalue weighted by Gasteiger charge is -2.32. The van der Waals surface area contributed by atoms with E-state index in [1.54, 1.807) is 0 Å². The number of amides is 1. The lowest BCUT2D eigenvalue weighted by Crippen LogP contribution is -2.42. The molecule has 0 heterocycles. The van der Waals surface area contributed by atoms with E-state index >= 15 is 0 Å². The van der Waals surface area contributed by atoms with Crippen molar-refractivity contribution in [1.29, 1.82) is 0 Å². The molecular weight excluding hydrogens is 252 g/mol. The Bertz CT molecular complexity index is 557. The standard InChI is InChI=1S/C16H18N2O2/c1-18(13-10-6-3-7-11-13)14(15(19)16(17)20)12-8-4-2-5-9-12/h2-11,14-15,19H,1H3,(H2,17,20). The number of carbonyl (C=O) groups excluding carboxylic acids is 1. The molecule has 0 aliphatic heterocycles. The maximum atomic E-state index is 11.4. The number of hydrogen-bond acceptors (Lipinski definition) is 3. The van der Waals surface area contributed by atoms with Crippen molar-refractivity contribution in [1.82, 2.24) is 0 Å². The molecule has 0 aliphatic carbocycles. The van der Waals surface area contributed by atoms with Gasteiger partial charge in [0.2, 0.25) is 5.91 Å². The van der Waals surface area contributed by atoms with Crippen molar-refractivity contribution in [2.75, 3.05) is 11.9 Å². The molecule has 0 spiro atoms. The molecule has 0 bridgehead atoms. The van der Waals surface area contributed by atoms with E-state index in [1.807, 2.05) is 72.6 Å².